The van der Waals surface area contributed by atoms with Gasteiger partial charge in [-0.15, -0.1) is 0 Å². The summed E-state index contributed by atoms with van der Waals surface area (Å²) in [7, 11) is 0. The second-order valence-electron chi connectivity index (χ2n) is 34.0. The molecule has 0 radical (unpaired) electrons. The molecule has 27 heteroatoms. The lowest BCUT2D eigenvalue weighted by molar-refractivity contribution is -0.145. The highest BCUT2D eigenvalue weighted by Gasteiger charge is 2.41. The van der Waals surface area contributed by atoms with E-state index in [1.165, 1.54) is 0 Å². The van der Waals surface area contributed by atoms with Crippen molar-refractivity contribution in [3.05, 3.63) is 316 Å². The summed E-state index contributed by atoms with van der Waals surface area (Å²) in [6.45, 7) is 2.02. The largest absolute Gasteiger partial charge is 0.481 e. The molecule has 8 aromatic carbocycles. The second kappa shape index (κ2) is 34.3. The highest BCUT2D eigenvalue weighted by atomic mass is 16.4. The van der Waals surface area contributed by atoms with Crippen LogP contribution in [0.3, 0.4) is 0 Å². The third-order valence-corrected chi connectivity index (χ3v) is 25.9. The van der Waals surface area contributed by atoms with Crippen molar-refractivity contribution in [2.24, 2.45) is 29.2 Å². The van der Waals surface area contributed by atoms with Gasteiger partial charge < -0.3 is 44.8 Å². The Labute approximate surface area is 750 Å². The molecule has 0 spiro atoms. The molecule has 0 bridgehead atoms. The molecule has 2 amide bonds. The SMILES string of the molecule is NC(=O)C1CC(c2nc(-c3ccc4ccc(-c5ccccc5)nc4c3)c3c(N)nccn23)C1.NC(=O)C1CC(c2nc(-c3ccc4ccc(-c5ccccc5)nc4c3)c3c(N)nccn23)C1.Nc1nccn2c(C3CC(C(=O)O)C3)nc(-c3ccc4ccc(-c5ccccc5)nc4c3)c12.Nc1nccn2c(C3CCNCC3)nc(-c3ccc4ccc(-c5ccccc5)nc4c3)c12. The van der Waals surface area contributed by atoms with Gasteiger partial charge in [0.15, 0.2) is 0 Å². The van der Waals surface area contributed by atoms with Crippen LogP contribution >= 0.6 is 0 Å². The Morgan fingerprint density at radius 3 is 0.794 bits per heavy atom. The number of aliphatic carboxylic acids is 1. The number of nitrogens with one attached hydrogen (secondary N) is 1. The molecule has 4 aliphatic rings. The number of imidazole rings is 4. The summed E-state index contributed by atoms with van der Waals surface area (Å²) < 4.78 is 8.08. The van der Waals surface area contributed by atoms with E-state index in [1.54, 1.807) is 24.8 Å². The Morgan fingerprint density at radius 2 is 0.542 bits per heavy atom. The number of carboxylic acids is 1. The van der Waals surface area contributed by atoms with Crippen LogP contribution in [0.2, 0.25) is 0 Å². The number of carbonyl (C=O) groups is 3. The number of carbonyl (C=O) groups excluding carboxylic acids is 2. The van der Waals surface area contributed by atoms with Crippen LogP contribution in [0.15, 0.2) is 292 Å². The molecule has 24 rings (SSSR count). The molecule has 4 fully saturated rings. The molecule has 0 unspecified atom stereocenters. The number of hydrogen-bond acceptors (Lipinski definition) is 20. The average Bonchev–Trinajstić information content (AvgIpc) is 1.62. The van der Waals surface area contributed by atoms with Gasteiger partial charge in [-0.05, 0) is 113 Å². The number of fused-ring (bicyclic) bond motifs is 8. The number of nitrogen functional groups attached to an aromatic ring is 4. The maximum Gasteiger partial charge on any atom is 0.306 e. The monoisotopic (exact) mass is 1720 g/mol. The van der Waals surface area contributed by atoms with E-state index in [2.05, 4.69) is 127 Å². The molecule has 1 aliphatic heterocycles. The standard InChI is InChI=1S/2C26H22N6O.C26H24N6.C26H21N5O2/c2*27-24-23-22(31-26(32(23)11-10-29-24)19-12-18(13-19)25(28)33)17-7-6-16-8-9-20(30-21(16)14-17)15-4-2-1-3-5-15;27-25-24-23(31-26(32(24)15-14-29-25)19-10-12-28-13-11-19)20-7-6-18-8-9-21(30-22(18)16-20)17-4-2-1-3-5-17;27-24-23-22(30-25(31(23)11-10-28-24)18-12-19(13-18)26(32)33)17-7-6-16-8-9-20(29-21(16)14-17)15-4-2-1-3-5-15/h2*1-11,14,18-19H,12-13H2,(H2,27,29)(H2,28,33);1-9,14-16,19,28H,10-13H2,(H2,27,29);1-11,14,18-19H,12-13H2,(H2,27,28)(H,32,33). The minimum atomic E-state index is -0.747. The number of nitrogens with two attached hydrogens (primary N) is 6. The number of pyridine rings is 4. The van der Waals surface area contributed by atoms with Crippen molar-refractivity contribution in [3.63, 3.8) is 0 Å². The van der Waals surface area contributed by atoms with E-state index in [1.807, 2.05) is 184 Å². The van der Waals surface area contributed by atoms with Crippen LogP contribution in [0.4, 0.5) is 23.3 Å². The van der Waals surface area contributed by atoms with E-state index in [9.17, 15) is 19.5 Å². The fraction of sp³-hybridized carbons (Fsp3) is 0.163. The smallest absolute Gasteiger partial charge is 0.306 e. The highest BCUT2D eigenvalue weighted by molar-refractivity contribution is 5.97. The molecule has 1 saturated heterocycles. The summed E-state index contributed by atoms with van der Waals surface area (Å²) in [4.78, 5) is 91.2. The Morgan fingerprint density at radius 1 is 0.298 bits per heavy atom. The average molecular weight is 1730 g/mol. The van der Waals surface area contributed by atoms with E-state index in [4.69, 9.17) is 74.3 Å². The van der Waals surface area contributed by atoms with Crippen molar-refractivity contribution in [1.82, 2.24) is 82.7 Å². The number of primary amides is 2. The summed E-state index contributed by atoms with van der Waals surface area (Å²) in [6, 6.07) is 81.8. The molecule has 3 saturated carbocycles. The Hall–Kier alpha value is -16.6. The third kappa shape index (κ3) is 15.7. The van der Waals surface area contributed by atoms with Crippen LogP contribution in [0.5, 0.6) is 0 Å². The Kier molecular flexibility index (Phi) is 21.3. The molecule has 27 nitrogen and oxygen atoms in total. The van der Waals surface area contributed by atoms with Crippen LogP contribution in [0.1, 0.15) is 98.3 Å². The van der Waals surface area contributed by atoms with Gasteiger partial charge in [0.2, 0.25) is 11.8 Å². The van der Waals surface area contributed by atoms with E-state index < -0.39 is 5.97 Å². The van der Waals surface area contributed by atoms with Crippen molar-refractivity contribution in [1.29, 1.82) is 0 Å². The summed E-state index contributed by atoms with van der Waals surface area (Å²) in [6.07, 6.45) is 20.5. The Balaban J connectivity index is 0.000000105. The summed E-state index contributed by atoms with van der Waals surface area (Å²) in [5.41, 5.74) is 57.8. The number of rotatable bonds is 15. The minimum Gasteiger partial charge on any atom is -0.481 e. The molecule has 131 heavy (non-hydrogen) atoms. The number of amides is 2. The van der Waals surface area contributed by atoms with Crippen molar-refractivity contribution in [2.75, 3.05) is 36.0 Å². The topological polar surface area (TPSA) is 412 Å². The van der Waals surface area contributed by atoms with Gasteiger partial charge in [-0.25, -0.2) is 59.8 Å². The zero-order valence-corrected chi connectivity index (χ0v) is 71.1. The Bertz CT molecular complexity index is 7260. The molecule has 3 aliphatic carbocycles. The lowest BCUT2D eigenvalue weighted by Crippen LogP contribution is -2.34. The van der Waals surface area contributed by atoms with Crippen LogP contribution < -0.4 is 39.7 Å². The number of benzene rings is 8. The first-order valence-electron chi connectivity index (χ1n) is 43.9. The van der Waals surface area contributed by atoms with E-state index in [0.717, 1.165) is 205 Å². The summed E-state index contributed by atoms with van der Waals surface area (Å²) in [5.74, 6) is 4.48. The van der Waals surface area contributed by atoms with Gasteiger partial charge in [0.25, 0.3) is 0 Å². The van der Waals surface area contributed by atoms with E-state index in [-0.39, 0.29) is 47.3 Å². The zero-order valence-electron chi connectivity index (χ0n) is 71.1. The number of hydrogen-bond donors (Lipinski definition) is 8. The lowest BCUT2D eigenvalue weighted by Gasteiger charge is -2.31. The maximum atomic E-state index is 11.5. The normalized spacial score (nSPS) is 17.1. The van der Waals surface area contributed by atoms with Crippen LogP contribution in [-0.2, 0) is 14.4 Å². The van der Waals surface area contributed by atoms with E-state index in [0.29, 0.717) is 67.7 Å². The van der Waals surface area contributed by atoms with Crippen LogP contribution in [0.25, 0.3) is 156 Å². The zero-order chi connectivity index (χ0) is 89.1. The lowest BCUT2D eigenvalue weighted by atomic mass is 9.74. The number of carboxylic acid groups (broad SMARTS) is 1. The predicted molar refractivity (Wildman–Crippen MR) is 512 cm³/mol. The fourth-order valence-corrected chi connectivity index (χ4v) is 18.7. The number of aromatic nitrogens is 16. The molecule has 13 heterocycles. The van der Waals surface area contributed by atoms with Crippen molar-refractivity contribution < 1.29 is 19.5 Å². The summed E-state index contributed by atoms with van der Waals surface area (Å²) >= 11 is 0. The molecule has 12 aromatic heterocycles. The van der Waals surface area contributed by atoms with Gasteiger partial charge >= 0.3 is 5.97 Å². The molecule has 644 valence electrons. The fourth-order valence-electron chi connectivity index (χ4n) is 18.7. The van der Waals surface area contributed by atoms with Gasteiger partial charge in [0, 0.05) is 151 Å². The predicted octanol–water partition coefficient (Wildman–Crippen LogP) is 17.8. The van der Waals surface area contributed by atoms with Gasteiger partial charge in [-0.3, -0.25) is 32.0 Å². The number of piperidine rings is 1. The number of nitrogens with zero attached hydrogens (tertiary/aromatic N) is 16. The quantitative estimate of drug-likeness (QED) is 0.0472. The maximum absolute atomic E-state index is 11.5. The van der Waals surface area contributed by atoms with Crippen LogP contribution in [0, 0.1) is 17.8 Å². The van der Waals surface area contributed by atoms with Crippen molar-refractivity contribution in [3.8, 4) is 90.1 Å². The first-order chi connectivity index (χ1) is 64.0. The van der Waals surface area contributed by atoms with Gasteiger partial charge in [-0.1, -0.05) is 194 Å². The van der Waals surface area contributed by atoms with E-state index >= 15 is 0 Å². The molecule has 20 aromatic rings. The first kappa shape index (κ1) is 81.5. The second-order valence-corrected chi connectivity index (χ2v) is 34.0. The number of anilines is 4. The molecule has 0 atom stereocenters. The van der Waals surface area contributed by atoms with Crippen molar-refractivity contribution in [2.45, 2.75) is 75.0 Å². The highest BCUT2D eigenvalue weighted by Crippen LogP contribution is 2.48. The summed E-state index contributed by atoms with van der Waals surface area (Å²) in [5, 5.41) is 17.0. The minimum absolute atomic E-state index is 0.0809. The van der Waals surface area contributed by atoms with Gasteiger partial charge in [0.05, 0.1) is 50.8 Å². The first-order valence-corrected chi connectivity index (χ1v) is 43.9. The van der Waals surface area contributed by atoms with Gasteiger partial charge in [-0.2, -0.15) is 0 Å². The molecular weight excluding hydrogens is 1640 g/mol. The molecular formula is C104H89N23O4. The third-order valence-electron chi connectivity index (χ3n) is 25.9. The van der Waals surface area contributed by atoms with Gasteiger partial charge in [0.1, 0.15) is 91.4 Å². The van der Waals surface area contributed by atoms with Crippen molar-refractivity contribution >= 4 is 107 Å². The van der Waals surface area contributed by atoms with Crippen LogP contribution in [-0.4, -0.2) is 113 Å². The molecule has 14 N–H and O–H groups in total.